The highest BCUT2D eigenvalue weighted by atomic mass is 16.1. The minimum atomic E-state index is -0.254. The highest BCUT2D eigenvalue weighted by Crippen LogP contribution is 2.14. The molecule has 1 saturated heterocycles. The van der Waals surface area contributed by atoms with Crippen LogP contribution in [0.1, 0.15) is 19.3 Å². The van der Waals surface area contributed by atoms with E-state index in [1.807, 2.05) is 0 Å². The smallest absolute Gasteiger partial charge is 0.234 e. The molecule has 0 aromatic heterocycles. The van der Waals surface area contributed by atoms with Crippen molar-refractivity contribution in [1.29, 1.82) is 0 Å². The normalized spacial score (nSPS) is 20.7. The summed E-state index contributed by atoms with van der Waals surface area (Å²) >= 11 is 0. The Balaban J connectivity index is 2.24. The zero-order valence-electron chi connectivity index (χ0n) is 11.3. The van der Waals surface area contributed by atoms with Crippen molar-refractivity contribution in [2.45, 2.75) is 31.3 Å². The summed E-state index contributed by atoms with van der Waals surface area (Å²) in [6, 6.07) is 0.518. The molecule has 0 bridgehead atoms. The summed E-state index contributed by atoms with van der Waals surface area (Å²) in [5.41, 5.74) is 5.30. The second kappa shape index (κ2) is 6.93. The molecule has 0 radical (unpaired) electrons. The van der Waals surface area contributed by atoms with E-state index in [1.165, 1.54) is 12.8 Å². The van der Waals surface area contributed by atoms with Crippen LogP contribution >= 0.6 is 0 Å². The van der Waals surface area contributed by atoms with E-state index >= 15 is 0 Å². The van der Waals surface area contributed by atoms with Gasteiger partial charge in [0.05, 0.1) is 6.04 Å². The molecule has 1 rings (SSSR count). The second-order valence-corrected chi connectivity index (χ2v) is 5.07. The lowest BCUT2D eigenvalue weighted by Crippen LogP contribution is -2.45. The quantitative estimate of drug-likeness (QED) is 0.658. The maximum absolute atomic E-state index is 11.1. The first-order valence-corrected chi connectivity index (χ1v) is 6.40. The topological polar surface area (TPSA) is 61.6 Å². The van der Waals surface area contributed by atoms with Crippen LogP contribution in [0.25, 0.3) is 0 Å². The third kappa shape index (κ3) is 4.61. The Labute approximate surface area is 104 Å². The van der Waals surface area contributed by atoms with Gasteiger partial charge in [0.2, 0.25) is 5.91 Å². The van der Waals surface area contributed by atoms with Crippen molar-refractivity contribution < 1.29 is 4.79 Å². The van der Waals surface area contributed by atoms with Crippen molar-refractivity contribution >= 4 is 5.91 Å². The molecule has 1 fully saturated rings. The molecule has 0 spiro atoms. The Kier molecular flexibility index (Phi) is 5.88. The van der Waals surface area contributed by atoms with Crippen LogP contribution in [-0.2, 0) is 4.79 Å². The molecular formula is C12H26N4O. The maximum Gasteiger partial charge on any atom is 0.234 e. The number of primary amides is 1. The number of nitrogens with two attached hydrogens (primary N) is 1. The van der Waals surface area contributed by atoms with Crippen LogP contribution in [0, 0.1) is 0 Å². The molecule has 1 aliphatic heterocycles. The van der Waals surface area contributed by atoms with Gasteiger partial charge in [-0.25, -0.2) is 0 Å². The molecule has 100 valence electrons. The Bertz CT molecular complexity index is 237. The van der Waals surface area contributed by atoms with Crippen molar-refractivity contribution in [3.05, 3.63) is 0 Å². The van der Waals surface area contributed by atoms with Gasteiger partial charge in [-0.2, -0.15) is 0 Å². The Morgan fingerprint density at radius 1 is 1.47 bits per heavy atom. The molecule has 5 nitrogen and oxygen atoms in total. The van der Waals surface area contributed by atoms with Gasteiger partial charge in [0.1, 0.15) is 0 Å². The molecular weight excluding hydrogens is 216 g/mol. The predicted octanol–water partition coefficient (Wildman–Crippen LogP) is -0.524. The third-order valence-corrected chi connectivity index (χ3v) is 3.71. The fourth-order valence-corrected chi connectivity index (χ4v) is 2.40. The predicted molar refractivity (Wildman–Crippen MR) is 69.8 cm³/mol. The van der Waals surface area contributed by atoms with Gasteiger partial charge >= 0.3 is 0 Å². The first kappa shape index (κ1) is 14.4. The van der Waals surface area contributed by atoms with Gasteiger partial charge in [-0.15, -0.1) is 0 Å². The van der Waals surface area contributed by atoms with Crippen LogP contribution < -0.4 is 11.1 Å². The molecule has 3 N–H and O–H groups in total. The maximum atomic E-state index is 11.1. The standard InChI is InChI=1S/C12H26N4O/c1-14-11(12(13)17)6-9-16-7-4-10(5-8-16)15(2)3/h10-11,14H,4-9H2,1-3H3,(H2,13,17). The number of likely N-dealkylation sites (N-methyl/N-ethyl adjacent to an activating group) is 1. The number of hydrogen-bond donors (Lipinski definition) is 2. The number of nitrogens with zero attached hydrogens (tertiary/aromatic N) is 2. The van der Waals surface area contributed by atoms with Crippen LogP contribution in [0.4, 0.5) is 0 Å². The summed E-state index contributed by atoms with van der Waals surface area (Å²) in [5.74, 6) is -0.254. The molecule has 5 heteroatoms. The van der Waals surface area contributed by atoms with Crippen molar-refractivity contribution in [1.82, 2.24) is 15.1 Å². The molecule has 1 heterocycles. The summed E-state index contributed by atoms with van der Waals surface area (Å²) in [6.45, 7) is 3.20. The average molecular weight is 242 g/mol. The lowest BCUT2D eigenvalue weighted by molar-refractivity contribution is -0.120. The van der Waals surface area contributed by atoms with E-state index in [1.54, 1.807) is 7.05 Å². The molecule has 17 heavy (non-hydrogen) atoms. The number of hydrogen-bond acceptors (Lipinski definition) is 4. The van der Waals surface area contributed by atoms with Gasteiger partial charge in [0, 0.05) is 12.6 Å². The van der Waals surface area contributed by atoms with Gasteiger partial charge in [0.25, 0.3) is 0 Å². The summed E-state index contributed by atoms with van der Waals surface area (Å²) in [6.07, 6.45) is 3.24. The van der Waals surface area contributed by atoms with E-state index < -0.39 is 0 Å². The summed E-state index contributed by atoms with van der Waals surface area (Å²) < 4.78 is 0. The largest absolute Gasteiger partial charge is 0.368 e. The zero-order chi connectivity index (χ0) is 12.8. The lowest BCUT2D eigenvalue weighted by atomic mass is 10.0. The van der Waals surface area contributed by atoms with E-state index in [2.05, 4.69) is 29.2 Å². The summed E-state index contributed by atoms with van der Waals surface area (Å²) in [5, 5.41) is 2.96. The molecule has 0 saturated carbocycles. The van der Waals surface area contributed by atoms with Crippen molar-refractivity contribution in [3.63, 3.8) is 0 Å². The van der Waals surface area contributed by atoms with Crippen LogP contribution in [-0.4, -0.2) is 68.6 Å². The molecule has 1 atom stereocenters. The van der Waals surface area contributed by atoms with Crippen molar-refractivity contribution in [3.8, 4) is 0 Å². The number of piperidine rings is 1. The molecule has 0 aliphatic carbocycles. The third-order valence-electron chi connectivity index (χ3n) is 3.71. The number of carbonyl (C=O) groups is 1. The molecule has 1 aliphatic rings. The van der Waals surface area contributed by atoms with Crippen molar-refractivity contribution in [2.75, 3.05) is 40.8 Å². The second-order valence-electron chi connectivity index (χ2n) is 5.07. The highest BCUT2D eigenvalue weighted by molar-refractivity contribution is 5.79. The Morgan fingerprint density at radius 2 is 2.06 bits per heavy atom. The molecule has 0 aromatic carbocycles. The molecule has 0 aromatic rings. The monoisotopic (exact) mass is 242 g/mol. The summed E-state index contributed by atoms with van der Waals surface area (Å²) in [4.78, 5) is 15.8. The number of likely N-dealkylation sites (tertiary alicyclic amines) is 1. The minimum absolute atomic E-state index is 0.193. The summed E-state index contributed by atoms with van der Waals surface area (Å²) in [7, 11) is 6.07. The number of carbonyl (C=O) groups excluding carboxylic acids is 1. The van der Waals surface area contributed by atoms with E-state index in [9.17, 15) is 4.79 Å². The van der Waals surface area contributed by atoms with Crippen LogP contribution in [0.3, 0.4) is 0 Å². The van der Waals surface area contributed by atoms with E-state index in [-0.39, 0.29) is 11.9 Å². The first-order valence-electron chi connectivity index (χ1n) is 6.40. The number of nitrogens with one attached hydrogen (secondary N) is 1. The van der Waals surface area contributed by atoms with Gasteiger partial charge in [-0.05, 0) is 53.5 Å². The van der Waals surface area contributed by atoms with Gasteiger partial charge in [0.15, 0.2) is 0 Å². The van der Waals surface area contributed by atoms with Gasteiger partial charge in [-0.3, -0.25) is 4.79 Å². The van der Waals surface area contributed by atoms with Crippen LogP contribution in [0.15, 0.2) is 0 Å². The number of amides is 1. The highest BCUT2D eigenvalue weighted by Gasteiger charge is 2.21. The average Bonchev–Trinajstić information content (AvgIpc) is 2.30. The number of rotatable bonds is 6. The van der Waals surface area contributed by atoms with E-state index in [0.29, 0.717) is 6.04 Å². The lowest BCUT2D eigenvalue weighted by Gasteiger charge is -2.35. The first-order chi connectivity index (χ1) is 8.04. The van der Waals surface area contributed by atoms with Crippen molar-refractivity contribution in [2.24, 2.45) is 5.73 Å². The Hall–Kier alpha value is -0.650. The fraction of sp³-hybridized carbons (Fsp3) is 0.917. The van der Waals surface area contributed by atoms with E-state index in [0.717, 1.165) is 26.1 Å². The van der Waals surface area contributed by atoms with Gasteiger partial charge in [-0.1, -0.05) is 0 Å². The molecule has 1 unspecified atom stereocenters. The van der Waals surface area contributed by atoms with Crippen LogP contribution in [0.5, 0.6) is 0 Å². The Morgan fingerprint density at radius 3 is 2.47 bits per heavy atom. The van der Waals surface area contributed by atoms with Gasteiger partial charge < -0.3 is 20.9 Å². The fourth-order valence-electron chi connectivity index (χ4n) is 2.40. The minimum Gasteiger partial charge on any atom is -0.368 e. The van der Waals surface area contributed by atoms with E-state index in [4.69, 9.17) is 5.73 Å². The zero-order valence-corrected chi connectivity index (χ0v) is 11.3. The van der Waals surface area contributed by atoms with Crippen LogP contribution in [0.2, 0.25) is 0 Å². The SMILES string of the molecule is CNC(CCN1CCC(N(C)C)CC1)C(N)=O. The molecule has 1 amide bonds.